The Kier molecular flexibility index (Phi) is 2.48. The van der Waals surface area contributed by atoms with Crippen molar-refractivity contribution in [1.29, 1.82) is 0 Å². The third-order valence-corrected chi connectivity index (χ3v) is 2.57. The summed E-state index contributed by atoms with van der Waals surface area (Å²) in [6.07, 6.45) is 2.04. The zero-order valence-corrected chi connectivity index (χ0v) is 7.63. The number of halogens is 2. The van der Waals surface area contributed by atoms with Crippen molar-refractivity contribution in [3.63, 3.8) is 0 Å². The van der Waals surface area contributed by atoms with Gasteiger partial charge in [-0.3, -0.25) is 11.3 Å². The van der Waals surface area contributed by atoms with E-state index in [1.807, 2.05) is 0 Å². The second kappa shape index (κ2) is 3.63. The topological polar surface area (TPSA) is 38.0 Å². The summed E-state index contributed by atoms with van der Waals surface area (Å²) in [6, 6.07) is 3.19. The minimum atomic E-state index is -0.428. The van der Waals surface area contributed by atoms with Crippen LogP contribution in [0, 0.1) is 17.6 Å². The van der Waals surface area contributed by atoms with Gasteiger partial charge in [0.1, 0.15) is 11.6 Å². The fraction of sp³-hybridized carbons (Fsp3) is 0.400. The first-order chi connectivity index (χ1) is 6.72. The van der Waals surface area contributed by atoms with E-state index in [0.717, 1.165) is 25.0 Å². The third-order valence-electron chi connectivity index (χ3n) is 2.57. The first kappa shape index (κ1) is 9.55. The van der Waals surface area contributed by atoms with Crippen molar-refractivity contribution in [3.05, 3.63) is 35.4 Å². The molecule has 1 saturated carbocycles. The molecule has 14 heavy (non-hydrogen) atoms. The Morgan fingerprint density at radius 2 is 2.07 bits per heavy atom. The van der Waals surface area contributed by atoms with E-state index in [0.29, 0.717) is 11.5 Å². The number of hydrogen-bond acceptors (Lipinski definition) is 2. The Labute approximate surface area is 81.1 Å². The van der Waals surface area contributed by atoms with Crippen molar-refractivity contribution in [3.8, 4) is 0 Å². The monoisotopic (exact) mass is 198 g/mol. The second-order valence-electron chi connectivity index (χ2n) is 3.65. The minimum Gasteiger partial charge on any atom is -0.271 e. The molecule has 1 aromatic rings. The highest BCUT2D eigenvalue weighted by molar-refractivity contribution is 5.24. The van der Waals surface area contributed by atoms with Gasteiger partial charge in [0.05, 0.1) is 6.04 Å². The molecule has 0 radical (unpaired) electrons. The summed E-state index contributed by atoms with van der Waals surface area (Å²) < 4.78 is 26.2. The average Bonchev–Trinajstić information content (AvgIpc) is 2.96. The largest absolute Gasteiger partial charge is 0.271 e. The lowest BCUT2D eigenvalue weighted by atomic mass is 10.0. The lowest BCUT2D eigenvalue weighted by molar-refractivity contribution is 0.464. The quantitative estimate of drug-likeness (QED) is 0.575. The first-order valence-electron chi connectivity index (χ1n) is 4.63. The van der Waals surface area contributed by atoms with Crippen molar-refractivity contribution in [2.45, 2.75) is 18.9 Å². The molecule has 0 bridgehead atoms. The smallest absolute Gasteiger partial charge is 0.128 e. The summed E-state index contributed by atoms with van der Waals surface area (Å²) in [5.41, 5.74) is 2.87. The molecule has 0 spiro atoms. The van der Waals surface area contributed by atoms with Crippen LogP contribution in [0.2, 0.25) is 0 Å². The van der Waals surface area contributed by atoms with Gasteiger partial charge in [0.25, 0.3) is 0 Å². The van der Waals surface area contributed by atoms with Crippen LogP contribution >= 0.6 is 0 Å². The van der Waals surface area contributed by atoms with E-state index < -0.39 is 11.6 Å². The number of hydrogen-bond donors (Lipinski definition) is 2. The third kappa shape index (κ3) is 1.76. The van der Waals surface area contributed by atoms with Crippen LogP contribution in [0.25, 0.3) is 0 Å². The highest BCUT2D eigenvalue weighted by atomic mass is 19.1. The van der Waals surface area contributed by atoms with Crippen LogP contribution < -0.4 is 11.3 Å². The van der Waals surface area contributed by atoms with Crippen LogP contribution in [0.3, 0.4) is 0 Å². The van der Waals surface area contributed by atoms with Gasteiger partial charge < -0.3 is 0 Å². The van der Waals surface area contributed by atoms with Crippen molar-refractivity contribution >= 4 is 0 Å². The Morgan fingerprint density at radius 1 is 1.36 bits per heavy atom. The molecule has 0 saturated heterocycles. The standard InChI is InChI=1S/C10H12F2N2/c11-7-3-4-9(12)8(5-7)10(14-13)6-1-2-6/h3-6,10,14H,1-2,13H2. The highest BCUT2D eigenvalue weighted by Gasteiger charge is 2.33. The van der Waals surface area contributed by atoms with E-state index in [4.69, 9.17) is 5.84 Å². The predicted octanol–water partition coefficient (Wildman–Crippen LogP) is 1.88. The van der Waals surface area contributed by atoms with Gasteiger partial charge >= 0.3 is 0 Å². The Balaban J connectivity index is 2.32. The lowest BCUT2D eigenvalue weighted by Crippen LogP contribution is -2.30. The van der Waals surface area contributed by atoms with E-state index in [-0.39, 0.29) is 6.04 Å². The lowest BCUT2D eigenvalue weighted by Gasteiger charge is -2.15. The molecule has 3 N–H and O–H groups in total. The van der Waals surface area contributed by atoms with Crippen LogP contribution in [0.4, 0.5) is 8.78 Å². The molecule has 76 valence electrons. The summed E-state index contributed by atoms with van der Waals surface area (Å²) >= 11 is 0. The highest BCUT2D eigenvalue weighted by Crippen LogP contribution is 2.41. The van der Waals surface area contributed by atoms with E-state index in [1.165, 1.54) is 6.07 Å². The van der Waals surface area contributed by atoms with Crippen molar-refractivity contribution in [2.75, 3.05) is 0 Å². The van der Waals surface area contributed by atoms with Crippen LogP contribution in [-0.4, -0.2) is 0 Å². The fourth-order valence-corrected chi connectivity index (χ4v) is 1.66. The van der Waals surface area contributed by atoms with Gasteiger partial charge in [0.2, 0.25) is 0 Å². The average molecular weight is 198 g/mol. The van der Waals surface area contributed by atoms with E-state index >= 15 is 0 Å². The molecule has 1 fully saturated rings. The van der Waals surface area contributed by atoms with Gasteiger partial charge in [-0.05, 0) is 37.0 Å². The van der Waals surface area contributed by atoms with E-state index in [2.05, 4.69) is 5.43 Å². The molecule has 0 amide bonds. The van der Waals surface area contributed by atoms with Crippen molar-refractivity contribution < 1.29 is 8.78 Å². The van der Waals surface area contributed by atoms with Gasteiger partial charge in [-0.25, -0.2) is 8.78 Å². The Morgan fingerprint density at radius 3 is 2.64 bits per heavy atom. The van der Waals surface area contributed by atoms with Gasteiger partial charge in [-0.1, -0.05) is 0 Å². The molecule has 4 heteroatoms. The minimum absolute atomic E-state index is 0.259. The number of rotatable bonds is 3. The number of nitrogens with two attached hydrogens (primary N) is 1. The van der Waals surface area contributed by atoms with Gasteiger partial charge in [-0.15, -0.1) is 0 Å². The molecule has 0 heterocycles. The predicted molar refractivity (Wildman–Crippen MR) is 49.1 cm³/mol. The molecule has 1 aliphatic rings. The maximum absolute atomic E-state index is 13.3. The van der Waals surface area contributed by atoms with Crippen molar-refractivity contribution in [1.82, 2.24) is 5.43 Å². The maximum atomic E-state index is 13.3. The fourth-order valence-electron chi connectivity index (χ4n) is 1.66. The number of hydrazine groups is 1. The molecular weight excluding hydrogens is 186 g/mol. The molecule has 0 aromatic heterocycles. The molecule has 1 unspecified atom stereocenters. The van der Waals surface area contributed by atoms with Gasteiger partial charge in [0, 0.05) is 5.56 Å². The van der Waals surface area contributed by atoms with Gasteiger partial charge in [-0.2, -0.15) is 0 Å². The van der Waals surface area contributed by atoms with Crippen LogP contribution in [0.15, 0.2) is 18.2 Å². The zero-order valence-electron chi connectivity index (χ0n) is 7.63. The van der Waals surface area contributed by atoms with Crippen LogP contribution in [0.1, 0.15) is 24.4 Å². The molecule has 1 aromatic carbocycles. The summed E-state index contributed by atoms with van der Waals surface area (Å²) in [4.78, 5) is 0. The van der Waals surface area contributed by atoms with Crippen molar-refractivity contribution in [2.24, 2.45) is 11.8 Å². The molecule has 2 rings (SSSR count). The summed E-state index contributed by atoms with van der Waals surface area (Å²) in [5, 5.41) is 0. The maximum Gasteiger partial charge on any atom is 0.128 e. The first-order valence-corrected chi connectivity index (χ1v) is 4.63. The van der Waals surface area contributed by atoms with Gasteiger partial charge in [0.15, 0.2) is 0 Å². The Bertz CT molecular complexity index is 337. The molecule has 0 aliphatic heterocycles. The summed E-state index contributed by atoms with van der Waals surface area (Å²) in [5.74, 6) is 4.84. The van der Waals surface area contributed by atoms with E-state index in [9.17, 15) is 8.78 Å². The zero-order chi connectivity index (χ0) is 10.1. The second-order valence-corrected chi connectivity index (χ2v) is 3.65. The molecular formula is C10H12F2N2. The van der Waals surface area contributed by atoms with Crippen LogP contribution in [-0.2, 0) is 0 Å². The number of benzene rings is 1. The molecule has 2 nitrogen and oxygen atoms in total. The normalized spacial score (nSPS) is 18.2. The Hall–Kier alpha value is -1.00. The summed E-state index contributed by atoms with van der Waals surface area (Å²) in [7, 11) is 0. The SMILES string of the molecule is NNC(c1cc(F)ccc1F)C1CC1. The van der Waals surface area contributed by atoms with Crippen LogP contribution in [0.5, 0.6) is 0 Å². The molecule has 1 atom stereocenters. The number of nitrogens with one attached hydrogen (secondary N) is 1. The summed E-state index contributed by atoms with van der Waals surface area (Å²) in [6.45, 7) is 0. The molecule has 1 aliphatic carbocycles. The van der Waals surface area contributed by atoms with E-state index in [1.54, 1.807) is 0 Å².